The number of anilines is 1. The minimum absolute atomic E-state index is 0.0528. The predicted octanol–water partition coefficient (Wildman–Crippen LogP) is 3.48. The second-order valence-electron chi connectivity index (χ2n) is 4.33. The molecule has 0 aliphatic heterocycles. The lowest BCUT2D eigenvalue weighted by molar-refractivity contribution is -0.121. The molecule has 0 unspecified atom stereocenters. The van der Waals surface area contributed by atoms with Crippen LogP contribution in [0.25, 0.3) is 0 Å². The number of para-hydroxylation sites is 1. The maximum Gasteiger partial charge on any atom is 0.229 e. The number of amides is 1. The molecule has 0 saturated heterocycles. The topological polar surface area (TPSA) is 20.3 Å². The van der Waals surface area contributed by atoms with Crippen molar-refractivity contribution in [3.05, 3.63) is 30.3 Å². The molecule has 2 nitrogen and oxygen atoms in total. The minimum Gasteiger partial charge on any atom is -0.312 e. The second kappa shape index (κ2) is 6.31. The van der Waals surface area contributed by atoms with Gasteiger partial charge in [0.05, 0.1) is 0 Å². The monoisotopic (exact) mass is 219 g/mol. The lowest BCUT2D eigenvalue weighted by atomic mass is 10.1. The van der Waals surface area contributed by atoms with Crippen LogP contribution in [0.15, 0.2) is 30.3 Å². The van der Waals surface area contributed by atoms with Crippen LogP contribution in [-0.2, 0) is 4.79 Å². The molecule has 0 aromatic heterocycles. The molecule has 0 spiro atoms. The largest absolute Gasteiger partial charge is 0.312 e. The fourth-order valence-corrected chi connectivity index (χ4v) is 1.60. The molecule has 1 aromatic carbocycles. The third kappa shape index (κ3) is 3.37. The van der Waals surface area contributed by atoms with Gasteiger partial charge in [-0.1, -0.05) is 45.4 Å². The SMILES string of the molecule is CCCCN(C(=O)C(C)C)c1ccccc1. The third-order valence-corrected chi connectivity index (χ3v) is 2.56. The summed E-state index contributed by atoms with van der Waals surface area (Å²) in [4.78, 5) is 14.0. The van der Waals surface area contributed by atoms with Crippen molar-refractivity contribution in [3.8, 4) is 0 Å². The number of hydrogen-bond acceptors (Lipinski definition) is 1. The first-order valence-corrected chi connectivity index (χ1v) is 6.03. The van der Waals surface area contributed by atoms with Crippen LogP contribution in [0.5, 0.6) is 0 Å². The number of unbranched alkanes of at least 4 members (excludes halogenated alkanes) is 1. The second-order valence-corrected chi connectivity index (χ2v) is 4.33. The molecule has 1 aromatic rings. The first kappa shape index (κ1) is 12.8. The summed E-state index contributed by atoms with van der Waals surface area (Å²) in [5.74, 6) is 0.261. The summed E-state index contributed by atoms with van der Waals surface area (Å²) < 4.78 is 0. The van der Waals surface area contributed by atoms with Gasteiger partial charge in [-0.25, -0.2) is 0 Å². The van der Waals surface area contributed by atoms with E-state index in [1.807, 2.05) is 49.1 Å². The van der Waals surface area contributed by atoms with Crippen LogP contribution in [0.2, 0.25) is 0 Å². The van der Waals surface area contributed by atoms with Gasteiger partial charge >= 0.3 is 0 Å². The Bertz CT molecular complexity index is 319. The van der Waals surface area contributed by atoms with Crippen LogP contribution < -0.4 is 4.90 Å². The van der Waals surface area contributed by atoms with Gasteiger partial charge < -0.3 is 4.90 Å². The summed E-state index contributed by atoms with van der Waals surface area (Å²) in [5.41, 5.74) is 1.01. The Balaban J connectivity index is 2.83. The summed E-state index contributed by atoms with van der Waals surface area (Å²) >= 11 is 0. The first-order chi connectivity index (χ1) is 7.66. The van der Waals surface area contributed by atoms with Crippen LogP contribution in [-0.4, -0.2) is 12.5 Å². The highest BCUT2D eigenvalue weighted by Gasteiger charge is 2.17. The van der Waals surface area contributed by atoms with E-state index in [4.69, 9.17) is 0 Å². The van der Waals surface area contributed by atoms with Gasteiger partial charge in [0.2, 0.25) is 5.91 Å². The van der Waals surface area contributed by atoms with Crippen molar-refractivity contribution in [1.29, 1.82) is 0 Å². The molecule has 0 aliphatic carbocycles. The van der Waals surface area contributed by atoms with E-state index >= 15 is 0 Å². The maximum atomic E-state index is 12.1. The van der Waals surface area contributed by atoms with Gasteiger partial charge in [-0.3, -0.25) is 4.79 Å². The van der Waals surface area contributed by atoms with Gasteiger partial charge in [-0.2, -0.15) is 0 Å². The van der Waals surface area contributed by atoms with Gasteiger partial charge in [-0.05, 0) is 18.6 Å². The lowest BCUT2D eigenvalue weighted by Crippen LogP contribution is -2.35. The zero-order valence-electron chi connectivity index (χ0n) is 10.4. The molecule has 16 heavy (non-hydrogen) atoms. The normalized spacial score (nSPS) is 10.5. The Labute approximate surface area is 98.3 Å². The Kier molecular flexibility index (Phi) is 5.03. The number of benzene rings is 1. The number of hydrogen-bond donors (Lipinski definition) is 0. The highest BCUT2D eigenvalue weighted by Crippen LogP contribution is 2.16. The van der Waals surface area contributed by atoms with Crippen molar-refractivity contribution in [2.45, 2.75) is 33.6 Å². The highest BCUT2D eigenvalue weighted by atomic mass is 16.2. The van der Waals surface area contributed by atoms with Crippen LogP contribution in [0, 0.1) is 5.92 Å². The van der Waals surface area contributed by atoms with E-state index in [-0.39, 0.29) is 11.8 Å². The van der Waals surface area contributed by atoms with Crippen molar-refractivity contribution < 1.29 is 4.79 Å². The molecule has 0 fully saturated rings. The van der Waals surface area contributed by atoms with Crippen LogP contribution in [0.3, 0.4) is 0 Å². The first-order valence-electron chi connectivity index (χ1n) is 6.03. The van der Waals surface area contributed by atoms with Gasteiger partial charge in [0, 0.05) is 18.2 Å². The molecular formula is C14H21NO. The summed E-state index contributed by atoms with van der Waals surface area (Å²) in [5, 5.41) is 0. The van der Waals surface area contributed by atoms with Crippen molar-refractivity contribution in [3.63, 3.8) is 0 Å². The summed E-state index contributed by atoms with van der Waals surface area (Å²) in [7, 11) is 0. The molecule has 0 atom stereocenters. The number of carbonyl (C=O) groups is 1. The summed E-state index contributed by atoms with van der Waals surface area (Å²) in [6.45, 7) is 6.86. The molecule has 0 aliphatic rings. The fraction of sp³-hybridized carbons (Fsp3) is 0.500. The van der Waals surface area contributed by atoms with E-state index in [0.717, 1.165) is 25.1 Å². The molecule has 0 heterocycles. The predicted molar refractivity (Wildman–Crippen MR) is 68.5 cm³/mol. The molecule has 0 bridgehead atoms. The zero-order valence-corrected chi connectivity index (χ0v) is 10.4. The van der Waals surface area contributed by atoms with E-state index in [9.17, 15) is 4.79 Å². The Morgan fingerprint density at radius 3 is 2.38 bits per heavy atom. The standard InChI is InChI=1S/C14H21NO/c1-4-5-11-15(14(16)12(2)3)13-9-7-6-8-10-13/h6-10,12H,4-5,11H2,1-3H3. The van der Waals surface area contributed by atoms with Crippen LogP contribution in [0.1, 0.15) is 33.6 Å². The van der Waals surface area contributed by atoms with Crippen molar-refractivity contribution in [2.75, 3.05) is 11.4 Å². The average molecular weight is 219 g/mol. The Morgan fingerprint density at radius 1 is 1.25 bits per heavy atom. The number of carbonyl (C=O) groups excluding carboxylic acids is 1. The molecule has 0 N–H and O–H groups in total. The van der Waals surface area contributed by atoms with Crippen molar-refractivity contribution >= 4 is 11.6 Å². The molecule has 1 rings (SSSR count). The van der Waals surface area contributed by atoms with Gasteiger partial charge in [0.25, 0.3) is 0 Å². The maximum absolute atomic E-state index is 12.1. The average Bonchev–Trinajstić information content (AvgIpc) is 2.30. The Hall–Kier alpha value is -1.31. The number of nitrogens with zero attached hydrogens (tertiary/aromatic N) is 1. The van der Waals surface area contributed by atoms with Crippen molar-refractivity contribution in [1.82, 2.24) is 0 Å². The molecule has 0 saturated carbocycles. The van der Waals surface area contributed by atoms with Gasteiger partial charge in [0.15, 0.2) is 0 Å². The van der Waals surface area contributed by atoms with Crippen molar-refractivity contribution in [2.24, 2.45) is 5.92 Å². The molecular weight excluding hydrogens is 198 g/mol. The van der Waals surface area contributed by atoms with E-state index in [2.05, 4.69) is 6.92 Å². The molecule has 88 valence electrons. The smallest absolute Gasteiger partial charge is 0.229 e. The highest BCUT2D eigenvalue weighted by molar-refractivity contribution is 5.94. The number of rotatable bonds is 5. The zero-order chi connectivity index (χ0) is 12.0. The molecule has 2 heteroatoms. The molecule has 1 amide bonds. The molecule has 0 radical (unpaired) electrons. The summed E-state index contributed by atoms with van der Waals surface area (Å²) in [6, 6.07) is 9.91. The third-order valence-electron chi connectivity index (χ3n) is 2.56. The fourth-order valence-electron chi connectivity index (χ4n) is 1.60. The van der Waals surface area contributed by atoms with E-state index in [1.165, 1.54) is 0 Å². The van der Waals surface area contributed by atoms with Gasteiger partial charge in [0.1, 0.15) is 0 Å². The summed E-state index contributed by atoms with van der Waals surface area (Å²) in [6.07, 6.45) is 2.15. The Morgan fingerprint density at radius 2 is 1.88 bits per heavy atom. The van der Waals surface area contributed by atoms with E-state index in [1.54, 1.807) is 0 Å². The lowest BCUT2D eigenvalue weighted by Gasteiger charge is -2.24. The van der Waals surface area contributed by atoms with Crippen LogP contribution in [0.4, 0.5) is 5.69 Å². The van der Waals surface area contributed by atoms with E-state index in [0.29, 0.717) is 0 Å². The van der Waals surface area contributed by atoms with Crippen LogP contribution >= 0.6 is 0 Å². The van der Waals surface area contributed by atoms with Gasteiger partial charge in [-0.15, -0.1) is 0 Å². The minimum atomic E-state index is 0.0528. The van der Waals surface area contributed by atoms with E-state index < -0.39 is 0 Å². The quantitative estimate of drug-likeness (QED) is 0.742.